The van der Waals surface area contributed by atoms with E-state index in [4.69, 9.17) is 4.74 Å². The van der Waals surface area contributed by atoms with Crippen molar-refractivity contribution >= 4 is 28.5 Å². The van der Waals surface area contributed by atoms with Crippen LogP contribution in [0.5, 0.6) is 5.75 Å². The minimum atomic E-state index is -0.113. The van der Waals surface area contributed by atoms with Gasteiger partial charge in [-0.25, -0.2) is 4.98 Å². The van der Waals surface area contributed by atoms with E-state index in [2.05, 4.69) is 25.1 Å². The Hall–Kier alpha value is -3.55. The summed E-state index contributed by atoms with van der Waals surface area (Å²) in [4.78, 5) is 37.6. The van der Waals surface area contributed by atoms with Gasteiger partial charge in [0.1, 0.15) is 11.6 Å². The van der Waals surface area contributed by atoms with Gasteiger partial charge in [0.25, 0.3) is 5.91 Å². The van der Waals surface area contributed by atoms with Crippen molar-refractivity contribution in [3.63, 3.8) is 0 Å². The third-order valence-corrected chi connectivity index (χ3v) is 8.17. The summed E-state index contributed by atoms with van der Waals surface area (Å²) in [6.45, 7) is 3.26. The highest BCUT2D eigenvalue weighted by molar-refractivity contribution is 5.94. The highest BCUT2D eigenvalue weighted by atomic mass is 16.5. The number of piperidine rings is 3. The van der Waals surface area contributed by atoms with Gasteiger partial charge >= 0.3 is 0 Å². The molecule has 188 valence electrons. The van der Waals surface area contributed by atoms with Crippen molar-refractivity contribution in [2.45, 2.75) is 38.1 Å². The Balaban J connectivity index is 1.06. The van der Waals surface area contributed by atoms with Crippen LogP contribution in [0, 0.1) is 11.8 Å². The number of H-pyrrole nitrogens is 1. The number of carbonyl (C=O) groups excluding carboxylic acids is 2. The molecular weight excluding hydrogens is 454 g/mol. The average molecular weight is 488 g/mol. The van der Waals surface area contributed by atoms with Gasteiger partial charge in [0, 0.05) is 61.9 Å². The number of pyridine rings is 1. The summed E-state index contributed by atoms with van der Waals surface area (Å²) in [5, 5.41) is 4.13. The molecule has 5 heterocycles. The van der Waals surface area contributed by atoms with Gasteiger partial charge in [0.2, 0.25) is 5.91 Å². The molecule has 0 aliphatic carbocycles. The molecule has 2 amide bonds. The number of hydrogen-bond donors (Lipinski definition) is 2. The van der Waals surface area contributed by atoms with Gasteiger partial charge in [-0.3, -0.25) is 9.59 Å². The van der Waals surface area contributed by atoms with Crippen LogP contribution in [-0.2, 0) is 11.2 Å². The van der Waals surface area contributed by atoms with Crippen molar-refractivity contribution in [3.8, 4) is 5.75 Å². The van der Waals surface area contributed by atoms with Gasteiger partial charge < -0.3 is 24.8 Å². The number of ether oxygens (including phenoxy) is 1. The molecule has 3 aliphatic rings. The first-order valence-electron chi connectivity index (χ1n) is 13.0. The highest BCUT2D eigenvalue weighted by Gasteiger charge is 2.44. The van der Waals surface area contributed by atoms with Crippen molar-refractivity contribution in [2.75, 3.05) is 38.2 Å². The molecule has 0 saturated carbocycles. The van der Waals surface area contributed by atoms with E-state index in [1.807, 2.05) is 36.5 Å². The largest absolute Gasteiger partial charge is 0.497 e. The minimum Gasteiger partial charge on any atom is -0.497 e. The standard InChI is InChI=1S/C28H33N5O3/c1-36-22-6-7-24-23(12-22)19(13-30-24)9-10-29-28(35)20-5-8-26(31-14-20)32-15-18-11-21(17-32)25-3-2-4-27(34)33(25)16-18/h5-8,12-14,18,21,25,30H,2-4,9-11,15-17H2,1H3,(H,29,35)/t18?,21?,25-/m1/s1. The van der Waals surface area contributed by atoms with E-state index in [0.29, 0.717) is 42.3 Å². The summed E-state index contributed by atoms with van der Waals surface area (Å²) in [6, 6.07) is 10.2. The molecule has 1 aromatic carbocycles. The Bertz CT molecular complexity index is 1270. The topological polar surface area (TPSA) is 90.6 Å². The number of aromatic amines is 1. The summed E-state index contributed by atoms with van der Waals surface area (Å²) in [7, 11) is 1.66. The monoisotopic (exact) mass is 487 g/mol. The second kappa shape index (κ2) is 9.48. The number of hydrogen-bond acceptors (Lipinski definition) is 5. The Morgan fingerprint density at radius 1 is 1.22 bits per heavy atom. The van der Waals surface area contributed by atoms with Crippen LogP contribution in [0.25, 0.3) is 10.9 Å². The lowest BCUT2D eigenvalue weighted by Gasteiger charge is -2.52. The zero-order chi connectivity index (χ0) is 24.6. The number of rotatable bonds is 6. The molecule has 8 nitrogen and oxygen atoms in total. The molecule has 2 aromatic heterocycles. The predicted octanol–water partition coefficient (Wildman–Crippen LogP) is 3.38. The number of nitrogens with one attached hydrogen (secondary N) is 2. The van der Waals surface area contributed by atoms with Gasteiger partial charge in [0.05, 0.1) is 12.7 Å². The summed E-state index contributed by atoms with van der Waals surface area (Å²) in [5.41, 5.74) is 2.77. The number of benzene rings is 1. The van der Waals surface area contributed by atoms with Crippen molar-refractivity contribution in [3.05, 3.63) is 53.9 Å². The molecule has 36 heavy (non-hydrogen) atoms. The smallest absolute Gasteiger partial charge is 0.252 e. The van der Waals surface area contributed by atoms with Gasteiger partial charge in [-0.05, 0) is 73.4 Å². The summed E-state index contributed by atoms with van der Waals surface area (Å²) in [5.74, 6) is 2.97. The molecule has 3 aliphatic heterocycles. The third kappa shape index (κ3) is 4.29. The quantitative estimate of drug-likeness (QED) is 0.556. The van der Waals surface area contributed by atoms with Gasteiger partial charge in [-0.1, -0.05) is 0 Å². The number of amides is 2. The maximum Gasteiger partial charge on any atom is 0.252 e. The van der Waals surface area contributed by atoms with Crippen LogP contribution in [0.1, 0.15) is 41.6 Å². The molecule has 6 rings (SSSR count). The number of methoxy groups -OCH3 is 1. The highest BCUT2D eigenvalue weighted by Crippen LogP contribution is 2.38. The molecule has 2 unspecified atom stereocenters. The summed E-state index contributed by atoms with van der Waals surface area (Å²) >= 11 is 0. The van der Waals surface area contributed by atoms with E-state index in [9.17, 15) is 9.59 Å². The van der Waals surface area contributed by atoms with Crippen molar-refractivity contribution in [1.82, 2.24) is 20.2 Å². The first-order valence-corrected chi connectivity index (χ1v) is 13.0. The van der Waals surface area contributed by atoms with E-state index in [1.54, 1.807) is 13.3 Å². The number of nitrogens with zero attached hydrogens (tertiary/aromatic N) is 3. The van der Waals surface area contributed by atoms with Crippen LogP contribution in [-0.4, -0.2) is 66.0 Å². The first-order chi connectivity index (χ1) is 17.6. The Morgan fingerprint density at radius 3 is 2.97 bits per heavy atom. The van der Waals surface area contributed by atoms with Gasteiger partial charge in [-0.2, -0.15) is 0 Å². The predicted molar refractivity (Wildman–Crippen MR) is 138 cm³/mol. The van der Waals surface area contributed by atoms with E-state index in [0.717, 1.165) is 66.9 Å². The van der Waals surface area contributed by atoms with Crippen LogP contribution in [0.3, 0.4) is 0 Å². The fourth-order valence-corrected chi connectivity index (χ4v) is 6.41. The Labute approximate surface area is 211 Å². The molecule has 3 aromatic rings. The number of carbonyl (C=O) groups is 2. The van der Waals surface area contributed by atoms with Crippen molar-refractivity contribution in [1.29, 1.82) is 0 Å². The molecule has 3 fully saturated rings. The normalized spacial score (nSPS) is 23.5. The molecular formula is C28H33N5O3. The van der Waals surface area contributed by atoms with Crippen molar-refractivity contribution in [2.24, 2.45) is 11.8 Å². The minimum absolute atomic E-state index is 0.113. The summed E-state index contributed by atoms with van der Waals surface area (Å²) < 4.78 is 5.34. The number of fused-ring (bicyclic) bond motifs is 5. The maximum atomic E-state index is 12.7. The van der Waals surface area contributed by atoms with E-state index in [1.165, 1.54) is 6.42 Å². The van der Waals surface area contributed by atoms with Crippen LogP contribution < -0.4 is 15.0 Å². The fourth-order valence-electron chi connectivity index (χ4n) is 6.41. The van der Waals surface area contributed by atoms with Crippen molar-refractivity contribution < 1.29 is 14.3 Å². The van der Waals surface area contributed by atoms with Crippen LogP contribution in [0.15, 0.2) is 42.7 Å². The van der Waals surface area contributed by atoms with E-state index in [-0.39, 0.29) is 5.91 Å². The SMILES string of the molecule is COc1ccc2[nH]cc(CCNC(=O)c3ccc(N4CC5CC(C4)[C@H]4CCCC(=O)N4C5)nc3)c2c1. The fraction of sp³-hybridized carbons (Fsp3) is 0.464. The van der Waals surface area contributed by atoms with Crippen LogP contribution >= 0.6 is 0 Å². The van der Waals surface area contributed by atoms with E-state index < -0.39 is 0 Å². The molecule has 0 spiro atoms. The Morgan fingerprint density at radius 2 is 2.14 bits per heavy atom. The van der Waals surface area contributed by atoms with Gasteiger partial charge in [0.15, 0.2) is 0 Å². The second-order valence-corrected chi connectivity index (χ2v) is 10.4. The summed E-state index contributed by atoms with van der Waals surface area (Å²) in [6.07, 6.45) is 8.44. The van der Waals surface area contributed by atoms with Crippen LogP contribution in [0.2, 0.25) is 0 Å². The molecule has 8 heteroatoms. The second-order valence-electron chi connectivity index (χ2n) is 10.4. The molecule has 2 N–H and O–H groups in total. The average Bonchev–Trinajstić information content (AvgIpc) is 3.31. The molecule has 2 bridgehead atoms. The third-order valence-electron chi connectivity index (χ3n) is 8.17. The lowest BCUT2D eigenvalue weighted by molar-refractivity contribution is -0.142. The molecule has 3 atom stereocenters. The first kappa shape index (κ1) is 22.9. The van der Waals surface area contributed by atoms with E-state index >= 15 is 0 Å². The number of anilines is 1. The van der Waals surface area contributed by atoms with Crippen LogP contribution in [0.4, 0.5) is 5.82 Å². The zero-order valence-electron chi connectivity index (χ0n) is 20.7. The Kier molecular flexibility index (Phi) is 6.03. The zero-order valence-corrected chi connectivity index (χ0v) is 20.7. The molecule has 0 radical (unpaired) electrons. The lowest BCUT2D eigenvalue weighted by Crippen LogP contribution is -2.60. The number of aromatic nitrogens is 2. The van der Waals surface area contributed by atoms with Gasteiger partial charge in [-0.15, -0.1) is 0 Å². The maximum absolute atomic E-state index is 12.7. The lowest BCUT2D eigenvalue weighted by atomic mass is 9.76. The molecule has 3 saturated heterocycles.